The van der Waals surface area contributed by atoms with E-state index in [0.29, 0.717) is 22.0 Å². The second-order valence-corrected chi connectivity index (χ2v) is 8.16. The fourth-order valence-electron chi connectivity index (χ4n) is 3.63. The molecule has 2 aromatic heterocycles. The quantitative estimate of drug-likeness (QED) is 0.423. The molecule has 3 heterocycles. The van der Waals surface area contributed by atoms with E-state index in [-0.39, 0.29) is 18.2 Å². The van der Waals surface area contributed by atoms with Gasteiger partial charge in [0.25, 0.3) is 11.8 Å². The van der Waals surface area contributed by atoms with Crippen LogP contribution in [0.2, 0.25) is 0 Å². The van der Waals surface area contributed by atoms with E-state index in [1.807, 2.05) is 0 Å². The molecule has 7 nitrogen and oxygen atoms in total. The molecule has 0 bridgehead atoms. The minimum atomic E-state index is -0.719. The van der Waals surface area contributed by atoms with Crippen LogP contribution in [0, 0.1) is 11.6 Å². The molecule has 1 atom stereocenters. The van der Waals surface area contributed by atoms with E-state index in [9.17, 15) is 18.4 Å². The van der Waals surface area contributed by atoms with Crippen LogP contribution < -0.4 is 5.32 Å². The zero-order chi connectivity index (χ0) is 22.9. The van der Waals surface area contributed by atoms with E-state index in [0.717, 1.165) is 18.0 Å². The Bertz CT molecular complexity index is 1310. The van der Waals surface area contributed by atoms with E-state index in [4.69, 9.17) is 0 Å². The number of halogens is 2. The lowest BCUT2D eigenvalue weighted by Gasteiger charge is -2.25. The number of nitrogens with zero attached hydrogens (tertiary/aromatic N) is 4. The first-order chi connectivity index (χ1) is 16.0. The van der Waals surface area contributed by atoms with Crippen molar-refractivity contribution in [1.82, 2.24) is 19.9 Å². The lowest BCUT2D eigenvalue weighted by atomic mass is 10.0. The Morgan fingerprint density at radius 3 is 2.18 bits per heavy atom. The van der Waals surface area contributed by atoms with Crippen molar-refractivity contribution < 1.29 is 18.4 Å². The highest BCUT2D eigenvalue weighted by Crippen LogP contribution is 2.35. The standard InChI is InChI=1S/C23H15F2N5O2S/c24-14-7-5-13(6-8-14)9-19(30-20(31)16-3-1-2-4-17(16)21(30)32)18-12-33-23(28-18)29-22-26-10-15(25)11-27-22/h1-8,10-12,19H,9H2,(H,26,27,28,29)/t19-/m0/s1. The normalized spacial score (nSPS) is 13.8. The highest BCUT2D eigenvalue weighted by Gasteiger charge is 2.41. The molecule has 2 amide bonds. The van der Waals surface area contributed by atoms with Crippen molar-refractivity contribution in [2.45, 2.75) is 12.5 Å². The van der Waals surface area contributed by atoms with Crippen molar-refractivity contribution in [2.75, 3.05) is 5.32 Å². The third-order valence-electron chi connectivity index (χ3n) is 5.18. The molecule has 1 aliphatic heterocycles. The molecule has 164 valence electrons. The van der Waals surface area contributed by atoms with Gasteiger partial charge in [-0.15, -0.1) is 11.3 Å². The molecule has 0 unspecified atom stereocenters. The van der Waals surface area contributed by atoms with Gasteiger partial charge in [-0.3, -0.25) is 14.5 Å². The average Bonchev–Trinajstić information content (AvgIpc) is 3.38. The summed E-state index contributed by atoms with van der Waals surface area (Å²) in [5.74, 6) is -1.60. The Morgan fingerprint density at radius 2 is 1.55 bits per heavy atom. The topological polar surface area (TPSA) is 88.1 Å². The molecule has 2 aromatic carbocycles. The first-order valence-electron chi connectivity index (χ1n) is 9.91. The van der Waals surface area contributed by atoms with E-state index >= 15 is 0 Å². The number of benzene rings is 2. The number of imide groups is 1. The molecule has 4 aromatic rings. The van der Waals surface area contributed by atoms with Crippen LogP contribution in [-0.2, 0) is 6.42 Å². The van der Waals surface area contributed by atoms with Crippen LogP contribution in [0.4, 0.5) is 19.9 Å². The maximum absolute atomic E-state index is 13.4. The van der Waals surface area contributed by atoms with Gasteiger partial charge in [0.05, 0.1) is 35.3 Å². The van der Waals surface area contributed by atoms with Crippen LogP contribution in [0.25, 0.3) is 0 Å². The molecule has 10 heteroatoms. The van der Waals surface area contributed by atoms with Crippen LogP contribution in [0.5, 0.6) is 0 Å². The monoisotopic (exact) mass is 463 g/mol. The molecule has 0 saturated carbocycles. The van der Waals surface area contributed by atoms with E-state index in [1.54, 1.807) is 41.8 Å². The molecule has 1 aliphatic rings. The number of amides is 2. The summed E-state index contributed by atoms with van der Waals surface area (Å²) in [7, 11) is 0. The minimum absolute atomic E-state index is 0.160. The molecule has 1 N–H and O–H groups in total. The average molecular weight is 463 g/mol. The molecule has 0 saturated heterocycles. The second kappa shape index (κ2) is 8.47. The Labute approximate surface area is 190 Å². The largest absolute Gasteiger partial charge is 0.300 e. The first-order valence-corrected chi connectivity index (χ1v) is 10.8. The van der Waals surface area contributed by atoms with Crippen LogP contribution in [0.15, 0.2) is 66.3 Å². The molecule has 0 radical (unpaired) electrons. The predicted octanol–water partition coefficient (Wildman–Crippen LogP) is 4.53. The van der Waals surface area contributed by atoms with Crippen LogP contribution in [0.1, 0.15) is 38.0 Å². The van der Waals surface area contributed by atoms with Crippen molar-refractivity contribution in [2.24, 2.45) is 0 Å². The maximum atomic E-state index is 13.4. The summed E-state index contributed by atoms with van der Waals surface area (Å²) in [6.07, 6.45) is 2.31. The van der Waals surface area contributed by atoms with Gasteiger partial charge in [-0.2, -0.15) is 0 Å². The minimum Gasteiger partial charge on any atom is -0.300 e. The number of anilines is 2. The highest BCUT2D eigenvalue weighted by atomic mass is 32.1. The van der Waals surface area contributed by atoms with Gasteiger partial charge in [0.15, 0.2) is 10.9 Å². The van der Waals surface area contributed by atoms with Crippen molar-refractivity contribution in [1.29, 1.82) is 0 Å². The number of aromatic nitrogens is 3. The summed E-state index contributed by atoms with van der Waals surface area (Å²) in [4.78, 5) is 39.7. The van der Waals surface area contributed by atoms with Gasteiger partial charge in [0, 0.05) is 5.38 Å². The Balaban J connectivity index is 1.49. The molecule has 5 rings (SSSR count). The number of carbonyl (C=O) groups is 2. The lowest BCUT2D eigenvalue weighted by molar-refractivity contribution is 0.0578. The predicted molar refractivity (Wildman–Crippen MR) is 117 cm³/mol. The molecule has 0 spiro atoms. The molecular formula is C23H15F2N5O2S. The summed E-state index contributed by atoms with van der Waals surface area (Å²) in [6.45, 7) is 0. The van der Waals surface area contributed by atoms with E-state index in [1.165, 1.54) is 28.4 Å². The molecule has 0 fully saturated rings. The summed E-state index contributed by atoms with van der Waals surface area (Å²) in [6, 6.07) is 11.8. The molecule has 33 heavy (non-hydrogen) atoms. The SMILES string of the molecule is O=C1c2ccccc2C(=O)N1[C@@H](Cc1ccc(F)cc1)c1csc(Nc2ncc(F)cn2)n1. The van der Waals surface area contributed by atoms with Crippen LogP contribution >= 0.6 is 11.3 Å². The number of nitrogens with one attached hydrogen (secondary N) is 1. The zero-order valence-electron chi connectivity index (χ0n) is 16.9. The second-order valence-electron chi connectivity index (χ2n) is 7.30. The smallest absolute Gasteiger partial charge is 0.262 e. The van der Waals surface area contributed by atoms with Gasteiger partial charge >= 0.3 is 0 Å². The number of carbonyl (C=O) groups excluding carboxylic acids is 2. The third kappa shape index (κ3) is 4.08. The molecule has 0 aliphatic carbocycles. The Hall–Kier alpha value is -4.05. The third-order valence-corrected chi connectivity index (χ3v) is 5.96. The lowest BCUT2D eigenvalue weighted by Crippen LogP contribution is -2.35. The van der Waals surface area contributed by atoms with Crippen molar-refractivity contribution in [3.8, 4) is 0 Å². The summed E-state index contributed by atoms with van der Waals surface area (Å²) >= 11 is 1.23. The van der Waals surface area contributed by atoms with Crippen molar-refractivity contribution in [3.05, 3.63) is 100 Å². The van der Waals surface area contributed by atoms with Gasteiger partial charge in [-0.05, 0) is 36.2 Å². The summed E-state index contributed by atoms with van der Waals surface area (Å²) < 4.78 is 26.5. The van der Waals surface area contributed by atoms with Crippen LogP contribution in [-0.4, -0.2) is 31.7 Å². The van der Waals surface area contributed by atoms with E-state index < -0.39 is 23.7 Å². The zero-order valence-corrected chi connectivity index (χ0v) is 17.7. The number of rotatable bonds is 6. The van der Waals surface area contributed by atoms with Crippen molar-refractivity contribution >= 4 is 34.2 Å². The van der Waals surface area contributed by atoms with E-state index in [2.05, 4.69) is 20.3 Å². The van der Waals surface area contributed by atoms with Gasteiger partial charge < -0.3 is 5.32 Å². The number of thiazole rings is 1. The van der Waals surface area contributed by atoms with Gasteiger partial charge in [-0.1, -0.05) is 24.3 Å². The maximum Gasteiger partial charge on any atom is 0.262 e. The number of fused-ring (bicyclic) bond motifs is 1. The Kier molecular flexibility index (Phi) is 5.35. The highest BCUT2D eigenvalue weighted by molar-refractivity contribution is 7.13. The van der Waals surface area contributed by atoms with Gasteiger partial charge in [0.1, 0.15) is 5.82 Å². The van der Waals surface area contributed by atoms with Crippen molar-refractivity contribution in [3.63, 3.8) is 0 Å². The fraction of sp³-hybridized carbons (Fsp3) is 0.0870. The molecular weight excluding hydrogens is 448 g/mol. The number of hydrogen-bond acceptors (Lipinski definition) is 7. The Morgan fingerprint density at radius 1 is 0.909 bits per heavy atom. The fourth-order valence-corrected chi connectivity index (χ4v) is 4.38. The number of hydrogen-bond donors (Lipinski definition) is 1. The van der Waals surface area contributed by atoms with Gasteiger partial charge in [-0.25, -0.2) is 23.7 Å². The summed E-state index contributed by atoms with van der Waals surface area (Å²) in [5, 5.41) is 5.03. The first kappa shape index (κ1) is 20.8. The van der Waals surface area contributed by atoms with Gasteiger partial charge in [0.2, 0.25) is 5.95 Å². The van der Waals surface area contributed by atoms with Crippen LogP contribution in [0.3, 0.4) is 0 Å². The summed E-state index contributed by atoms with van der Waals surface area (Å²) in [5.41, 5.74) is 1.88.